The van der Waals surface area contributed by atoms with Gasteiger partial charge in [0.2, 0.25) is 0 Å². The minimum atomic E-state index is -0.843. The highest BCUT2D eigenvalue weighted by Crippen LogP contribution is 2.26. The molecule has 1 aromatic heterocycles. The van der Waals surface area contributed by atoms with E-state index in [2.05, 4.69) is 15.3 Å². The van der Waals surface area contributed by atoms with Crippen molar-refractivity contribution in [3.63, 3.8) is 0 Å². The predicted octanol–water partition coefficient (Wildman–Crippen LogP) is 2.60. The zero-order valence-electron chi connectivity index (χ0n) is 16.5. The van der Waals surface area contributed by atoms with E-state index in [1.165, 1.54) is 6.07 Å². The number of hydrogen-bond donors (Lipinski definition) is 2. The van der Waals surface area contributed by atoms with E-state index >= 15 is 0 Å². The molecule has 2 aromatic carbocycles. The fraction of sp³-hybridized carbons (Fsp3) is 0.364. The van der Waals surface area contributed by atoms with Crippen molar-refractivity contribution in [2.24, 2.45) is 0 Å². The molecule has 1 atom stereocenters. The molecule has 0 aliphatic carbocycles. The second-order valence-corrected chi connectivity index (χ2v) is 7.50. The number of nitrogens with one attached hydrogen (secondary N) is 1. The largest absolute Gasteiger partial charge is 0.395 e. The fourth-order valence-corrected chi connectivity index (χ4v) is 3.99. The van der Waals surface area contributed by atoms with Gasteiger partial charge in [-0.1, -0.05) is 24.6 Å². The molecule has 6 nitrogen and oxygen atoms in total. The molecule has 0 unspecified atom stereocenters. The van der Waals surface area contributed by atoms with Crippen LogP contribution >= 0.6 is 0 Å². The first kappa shape index (κ1) is 20.4. The van der Waals surface area contributed by atoms with E-state index in [1.807, 2.05) is 12.1 Å². The van der Waals surface area contributed by atoms with Crippen LogP contribution in [-0.4, -0.2) is 47.2 Å². The Labute approximate surface area is 172 Å². The maximum Gasteiger partial charge on any atom is 0.279 e. The molecule has 0 spiro atoms. The highest BCUT2D eigenvalue weighted by molar-refractivity contribution is 5.91. The third-order valence-corrected chi connectivity index (χ3v) is 5.44. The quantitative estimate of drug-likeness (QED) is 0.672. The van der Waals surface area contributed by atoms with Crippen LogP contribution in [0.2, 0.25) is 0 Å². The lowest BCUT2D eigenvalue weighted by Gasteiger charge is -2.27. The summed E-state index contributed by atoms with van der Waals surface area (Å²) in [5.41, 5.74) is -0.539. The number of nitrogens with zero attached hydrogens (tertiary/aromatic N) is 3. The summed E-state index contributed by atoms with van der Waals surface area (Å²) in [4.78, 5) is 15.2. The molecule has 1 aliphatic rings. The first-order valence-corrected chi connectivity index (χ1v) is 10.1. The highest BCUT2D eigenvalue weighted by Gasteiger charge is 2.23. The molecule has 158 valence electrons. The van der Waals surface area contributed by atoms with Crippen molar-refractivity contribution in [3.05, 3.63) is 64.5 Å². The summed E-state index contributed by atoms with van der Waals surface area (Å²) in [6.07, 6.45) is 2.96. The van der Waals surface area contributed by atoms with Crippen LogP contribution in [0.3, 0.4) is 0 Å². The van der Waals surface area contributed by atoms with Gasteiger partial charge in [-0.25, -0.2) is 8.78 Å². The van der Waals surface area contributed by atoms with E-state index in [4.69, 9.17) is 5.11 Å². The summed E-state index contributed by atoms with van der Waals surface area (Å²) < 4.78 is 28.9. The lowest BCUT2D eigenvalue weighted by atomic mass is 10.1. The van der Waals surface area contributed by atoms with Gasteiger partial charge >= 0.3 is 0 Å². The molecule has 0 radical (unpaired) electrons. The lowest BCUT2D eigenvalue weighted by molar-refractivity contribution is 0.282. The average molecular weight is 414 g/mol. The Hall–Kier alpha value is -2.84. The monoisotopic (exact) mass is 414 g/mol. The molecule has 30 heavy (non-hydrogen) atoms. The number of fused-ring (bicyclic) bond motifs is 1. The van der Waals surface area contributed by atoms with Crippen molar-refractivity contribution in [3.8, 4) is 5.69 Å². The maximum atomic E-state index is 14.5. The smallest absolute Gasteiger partial charge is 0.279 e. The number of aliphatic hydroxyl groups is 1. The van der Waals surface area contributed by atoms with Crippen molar-refractivity contribution >= 4 is 16.6 Å². The summed E-state index contributed by atoms with van der Waals surface area (Å²) in [5.74, 6) is -0.966. The summed E-state index contributed by atoms with van der Waals surface area (Å²) in [6, 6.07) is 10.4. The molecule has 8 heteroatoms. The molecule has 4 rings (SSSR count). The molecule has 1 saturated heterocycles. The third kappa shape index (κ3) is 4.06. The molecule has 0 saturated carbocycles. The Kier molecular flexibility index (Phi) is 6.06. The summed E-state index contributed by atoms with van der Waals surface area (Å²) in [6.45, 7) is 1.97. The van der Waals surface area contributed by atoms with Gasteiger partial charge in [0, 0.05) is 37.1 Å². The van der Waals surface area contributed by atoms with E-state index in [1.54, 1.807) is 12.1 Å². The Morgan fingerprint density at radius 3 is 2.70 bits per heavy atom. The van der Waals surface area contributed by atoms with Crippen LogP contribution in [0.5, 0.6) is 0 Å². The second kappa shape index (κ2) is 8.89. The molecule has 1 fully saturated rings. The molecule has 3 aromatic rings. The Morgan fingerprint density at radius 2 is 1.93 bits per heavy atom. The van der Waals surface area contributed by atoms with Crippen LogP contribution in [0.1, 0.15) is 19.3 Å². The molecule has 2 N–H and O–H groups in total. The third-order valence-electron chi connectivity index (χ3n) is 5.44. The highest BCUT2D eigenvalue weighted by atomic mass is 19.1. The number of benzene rings is 2. The molecule has 0 amide bonds. The first-order chi connectivity index (χ1) is 14.6. The average Bonchev–Trinajstić information content (AvgIpc) is 2.99. The minimum absolute atomic E-state index is 0.0619. The zero-order chi connectivity index (χ0) is 21.1. The molecule has 2 heterocycles. The minimum Gasteiger partial charge on any atom is -0.395 e. The van der Waals surface area contributed by atoms with Gasteiger partial charge in [-0.3, -0.25) is 4.79 Å². The van der Waals surface area contributed by atoms with E-state index in [-0.39, 0.29) is 18.3 Å². The van der Waals surface area contributed by atoms with Crippen LogP contribution in [0.4, 0.5) is 14.6 Å². The maximum absolute atomic E-state index is 14.5. The summed E-state index contributed by atoms with van der Waals surface area (Å²) >= 11 is 0. The Morgan fingerprint density at radius 1 is 1.13 bits per heavy atom. The van der Waals surface area contributed by atoms with Crippen LogP contribution < -0.4 is 15.8 Å². The van der Waals surface area contributed by atoms with Gasteiger partial charge in [-0.15, -0.1) is 5.10 Å². The van der Waals surface area contributed by atoms with Crippen molar-refractivity contribution in [1.82, 2.24) is 15.1 Å². The van der Waals surface area contributed by atoms with Crippen molar-refractivity contribution in [2.45, 2.75) is 25.3 Å². The Bertz CT molecular complexity index is 1100. The van der Waals surface area contributed by atoms with Crippen molar-refractivity contribution in [1.29, 1.82) is 0 Å². The van der Waals surface area contributed by atoms with Crippen molar-refractivity contribution < 1.29 is 13.9 Å². The van der Waals surface area contributed by atoms with Gasteiger partial charge in [0.15, 0.2) is 11.6 Å². The molecular formula is C22H24F2N4O2. The second-order valence-electron chi connectivity index (χ2n) is 7.50. The SMILES string of the molecule is O=c1c2ccccc2c(N2CCCC[C@@H](NCCO)C2)nn1-c1ccc(F)cc1F. The number of aromatic nitrogens is 2. The standard InChI is InChI=1S/C22H24F2N4O2/c23-15-8-9-20(19(24)13-15)28-22(30)18-7-2-1-6-17(18)21(26-28)27-11-4-3-5-16(14-27)25-10-12-29/h1-2,6-9,13,16,25,29H,3-5,10-12,14H2/t16-/m1/s1. The van der Waals surface area contributed by atoms with E-state index in [9.17, 15) is 13.6 Å². The number of anilines is 1. The number of aliphatic hydroxyl groups excluding tert-OH is 1. The van der Waals surface area contributed by atoms with Crippen molar-refractivity contribution in [2.75, 3.05) is 31.1 Å². The van der Waals surface area contributed by atoms with E-state index in [0.717, 1.165) is 42.6 Å². The first-order valence-electron chi connectivity index (χ1n) is 10.1. The van der Waals surface area contributed by atoms with Gasteiger partial charge in [0.05, 0.1) is 12.0 Å². The Balaban J connectivity index is 1.84. The zero-order valence-corrected chi connectivity index (χ0v) is 16.5. The van der Waals surface area contributed by atoms with Gasteiger partial charge in [-0.2, -0.15) is 4.68 Å². The summed E-state index contributed by atoms with van der Waals surface area (Å²) in [7, 11) is 0. The molecular weight excluding hydrogens is 390 g/mol. The van der Waals surface area contributed by atoms with Crippen LogP contribution in [0.25, 0.3) is 16.5 Å². The van der Waals surface area contributed by atoms with Crippen LogP contribution in [-0.2, 0) is 0 Å². The van der Waals surface area contributed by atoms with E-state index in [0.29, 0.717) is 29.7 Å². The van der Waals surface area contributed by atoms with E-state index < -0.39 is 17.2 Å². The van der Waals surface area contributed by atoms with Gasteiger partial charge in [0.1, 0.15) is 11.5 Å². The van der Waals surface area contributed by atoms with Crippen LogP contribution in [0.15, 0.2) is 47.3 Å². The number of halogens is 2. The number of rotatable bonds is 5. The molecule has 1 aliphatic heterocycles. The van der Waals surface area contributed by atoms with Crippen LogP contribution in [0, 0.1) is 11.6 Å². The number of hydrogen-bond acceptors (Lipinski definition) is 5. The van der Waals surface area contributed by atoms with Gasteiger partial charge < -0.3 is 15.3 Å². The predicted molar refractivity (Wildman–Crippen MR) is 112 cm³/mol. The topological polar surface area (TPSA) is 70.4 Å². The van der Waals surface area contributed by atoms with Gasteiger partial charge in [0.25, 0.3) is 5.56 Å². The normalized spacial score (nSPS) is 17.3. The summed E-state index contributed by atoms with van der Waals surface area (Å²) in [5, 5.41) is 18.1. The fourth-order valence-electron chi connectivity index (χ4n) is 3.99. The van der Waals surface area contributed by atoms with Gasteiger partial charge in [-0.05, 0) is 31.0 Å². The molecule has 0 bridgehead atoms. The lowest BCUT2D eigenvalue weighted by Crippen LogP contribution is -2.42.